The molecular weight excluding hydrogens is 262 g/mol. The minimum Gasteiger partial charge on any atom is -0.293 e. The van der Waals surface area contributed by atoms with Gasteiger partial charge in [-0.25, -0.2) is 4.98 Å². The second-order valence-corrected chi connectivity index (χ2v) is 3.86. The van der Waals surface area contributed by atoms with Crippen LogP contribution in [0.15, 0.2) is 15.6 Å². The summed E-state index contributed by atoms with van der Waals surface area (Å²) in [5, 5.41) is 0.300. The molecule has 0 aliphatic heterocycles. The number of thiol groups is 1. The summed E-state index contributed by atoms with van der Waals surface area (Å²) in [6, 6.07) is 1.64. The third-order valence-corrected chi connectivity index (χ3v) is 2.51. The Kier molecular flexibility index (Phi) is 3.15. The van der Waals surface area contributed by atoms with E-state index in [4.69, 9.17) is 11.6 Å². The molecule has 0 N–H and O–H groups in total. The highest BCUT2D eigenvalue weighted by molar-refractivity contribution is 9.10. The first-order valence-electron chi connectivity index (χ1n) is 3.08. The molecule has 0 bridgehead atoms. The van der Waals surface area contributed by atoms with E-state index in [0.29, 0.717) is 14.5 Å². The van der Waals surface area contributed by atoms with E-state index >= 15 is 0 Å². The van der Waals surface area contributed by atoms with Crippen LogP contribution in [0.25, 0.3) is 0 Å². The lowest BCUT2D eigenvalue weighted by Crippen LogP contribution is -1.98. The van der Waals surface area contributed by atoms with Gasteiger partial charge in [0.25, 0.3) is 0 Å². The summed E-state index contributed by atoms with van der Waals surface area (Å²) in [5.41, 5.74) is 0.246. The number of hydrogen-bond donors (Lipinski definition) is 1. The maximum atomic E-state index is 11.0. The van der Waals surface area contributed by atoms with E-state index in [1.54, 1.807) is 6.07 Å². The maximum absolute atomic E-state index is 11.0. The molecule has 0 fully saturated rings. The van der Waals surface area contributed by atoms with E-state index in [9.17, 15) is 4.79 Å². The molecule has 0 radical (unpaired) electrons. The standard InChI is InChI=1S/C7H5BrClNOS/c1-3(11)7-6(9)4(12)2-5(8)10-7/h2H,1H3,(H,10,12). The Hall–Kier alpha value is -0.0600. The Morgan fingerprint density at radius 3 is 2.83 bits per heavy atom. The van der Waals surface area contributed by atoms with Crippen molar-refractivity contribution in [3.05, 3.63) is 21.4 Å². The first-order chi connectivity index (χ1) is 5.52. The van der Waals surface area contributed by atoms with Crippen molar-refractivity contribution in [2.24, 2.45) is 0 Å². The number of ketones is 1. The molecule has 5 heteroatoms. The van der Waals surface area contributed by atoms with E-state index in [1.807, 2.05) is 0 Å². The number of rotatable bonds is 1. The van der Waals surface area contributed by atoms with E-state index in [2.05, 4.69) is 33.5 Å². The van der Waals surface area contributed by atoms with Gasteiger partial charge in [-0.05, 0) is 22.0 Å². The summed E-state index contributed by atoms with van der Waals surface area (Å²) in [5.74, 6) is -0.170. The van der Waals surface area contributed by atoms with Crippen LogP contribution in [0.5, 0.6) is 0 Å². The van der Waals surface area contributed by atoms with Crippen molar-refractivity contribution in [2.75, 3.05) is 0 Å². The molecule has 1 rings (SSSR count). The van der Waals surface area contributed by atoms with Crippen molar-refractivity contribution in [2.45, 2.75) is 11.8 Å². The van der Waals surface area contributed by atoms with Crippen molar-refractivity contribution in [3.63, 3.8) is 0 Å². The third kappa shape index (κ3) is 2.00. The van der Waals surface area contributed by atoms with Gasteiger partial charge >= 0.3 is 0 Å². The Morgan fingerprint density at radius 1 is 1.75 bits per heavy atom. The van der Waals surface area contributed by atoms with Gasteiger partial charge < -0.3 is 0 Å². The molecule has 1 aromatic rings. The fourth-order valence-corrected chi connectivity index (χ4v) is 1.76. The highest BCUT2D eigenvalue weighted by Gasteiger charge is 2.11. The van der Waals surface area contributed by atoms with Crippen molar-refractivity contribution in [1.82, 2.24) is 4.98 Å². The molecule has 0 unspecified atom stereocenters. The van der Waals surface area contributed by atoms with Crippen LogP contribution < -0.4 is 0 Å². The Bertz CT molecular complexity index is 342. The highest BCUT2D eigenvalue weighted by Crippen LogP contribution is 2.26. The predicted octanol–water partition coefficient (Wildman–Crippen LogP) is 2.99. The number of hydrogen-bond acceptors (Lipinski definition) is 3. The second kappa shape index (κ2) is 3.77. The van der Waals surface area contributed by atoms with Gasteiger partial charge in [-0.1, -0.05) is 11.6 Å². The van der Waals surface area contributed by atoms with E-state index in [0.717, 1.165) is 0 Å². The zero-order valence-corrected chi connectivity index (χ0v) is 9.37. The van der Waals surface area contributed by atoms with Crippen LogP contribution in [0.2, 0.25) is 5.02 Å². The number of halogens is 2. The minimum atomic E-state index is -0.170. The SMILES string of the molecule is CC(=O)c1nc(Br)cc(S)c1Cl. The summed E-state index contributed by atoms with van der Waals surface area (Å²) in [6.07, 6.45) is 0. The van der Waals surface area contributed by atoms with Gasteiger partial charge in [0, 0.05) is 11.8 Å². The van der Waals surface area contributed by atoms with Crippen molar-refractivity contribution in [1.29, 1.82) is 0 Å². The molecule has 12 heavy (non-hydrogen) atoms. The molecule has 0 saturated heterocycles. The average molecular weight is 267 g/mol. The van der Waals surface area contributed by atoms with Crippen LogP contribution >= 0.6 is 40.2 Å². The third-order valence-electron chi connectivity index (χ3n) is 1.24. The lowest BCUT2D eigenvalue weighted by Gasteiger charge is -2.02. The van der Waals surface area contributed by atoms with Gasteiger partial charge in [0.05, 0.1) is 5.02 Å². The van der Waals surface area contributed by atoms with Gasteiger partial charge in [-0.2, -0.15) is 0 Å². The van der Waals surface area contributed by atoms with Gasteiger partial charge in [0.15, 0.2) is 5.78 Å². The monoisotopic (exact) mass is 265 g/mol. The predicted molar refractivity (Wildman–Crippen MR) is 54.2 cm³/mol. The molecule has 0 saturated carbocycles. The Balaban J connectivity index is 3.37. The van der Waals surface area contributed by atoms with Crippen molar-refractivity contribution in [3.8, 4) is 0 Å². The summed E-state index contributed by atoms with van der Waals surface area (Å²) < 4.78 is 0.558. The molecule has 0 amide bonds. The lowest BCUT2D eigenvalue weighted by molar-refractivity contribution is 0.101. The second-order valence-electron chi connectivity index (χ2n) is 2.18. The zero-order valence-electron chi connectivity index (χ0n) is 6.14. The number of carbonyl (C=O) groups excluding carboxylic acids is 1. The normalized spacial score (nSPS) is 10.0. The number of pyridine rings is 1. The van der Waals surface area contributed by atoms with E-state index in [-0.39, 0.29) is 11.5 Å². The molecule has 0 aliphatic rings. The molecule has 2 nitrogen and oxygen atoms in total. The largest absolute Gasteiger partial charge is 0.293 e. The Labute approximate surface area is 88.9 Å². The van der Waals surface area contributed by atoms with Gasteiger partial charge in [-0.15, -0.1) is 12.6 Å². The minimum absolute atomic E-state index is 0.170. The molecule has 64 valence electrons. The van der Waals surface area contributed by atoms with Crippen LogP contribution in [0, 0.1) is 0 Å². The van der Waals surface area contributed by atoms with Crippen LogP contribution in [0.4, 0.5) is 0 Å². The number of Topliss-reactive ketones (excluding diaryl/α,β-unsaturated/α-hetero) is 1. The molecule has 1 aromatic heterocycles. The number of carbonyl (C=O) groups is 1. The fraction of sp³-hybridized carbons (Fsp3) is 0.143. The van der Waals surface area contributed by atoms with Gasteiger partial charge in [0.2, 0.25) is 0 Å². The van der Waals surface area contributed by atoms with E-state index < -0.39 is 0 Å². The van der Waals surface area contributed by atoms with Crippen LogP contribution in [-0.2, 0) is 0 Å². The molecule has 0 spiro atoms. The maximum Gasteiger partial charge on any atom is 0.179 e. The lowest BCUT2D eigenvalue weighted by atomic mass is 10.3. The first kappa shape index (κ1) is 10.0. The number of aromatic nitrogens is 1. The van der Waals surface area contributed by atoms with Gasteiger partial charge in [0.1, 0.15) is 10.3 Å². The molecule has 1 heterocycles. The smallest absolute Gasteiger partial charge is 0.179 e. The molecular formula is C7H5BrClNOS. The number of nitrogens with zero attached hydrogens (tertiary/aromatic N) is 1. The van der Waals surface area contributed by atoms with E-state index in [1.165, 1.54) is 6.92 Å². The van der Waals surface area contributed by atoms with Crippen molar-refractivity contribution < 1.29 is 4.79 Å². The van der Waals surface area contributed by atoms with Crippen LogP contribution in [0.1, 0.15) is 17.4 Å². The molecule has 0 aromatic carbocycles. The quantitative estimate of drug-likeness (QED) is 0.481. The fourth-order valence-electron chi connectivity index (χ4n) is 0.719. The van der Waals surface area contributed by atoms with Crippen LogP contribution in [0.3, 0.4) is 0 Å². The average Bonchev–Trinajstić information content (AvgIpc) is 1.96. The highest BCUT2D eigenvalue weighted by atomic mass is 79.9. The first-order valence-corrected chi connectivity index (χ1v) is 4.70. The summed E-state index contributed by atoms with van der Waals surface area (Å²) in [7, 11) is 0. The van der Waals surface area contributed by atoms with Crippen LogP contribution in [-0.4, -0.2) is 10.8 Å². The van der Waals surface area contributed by atoms with Gasteiger partial charge in [-0.3, -0.25) is 4.79 Å². The molecule has 0 aliphatic carbocycles. The molecule has 0 atom stereocenters. The summed E-state index contributed by atoms with van der Waals surface area (Å²) in [6.45, 7) is 1.41. The topological polar surface area (TPSA) is 30.0 Å². The summed E-state index contributed by atoms with van der Waals surface area (Å²) >= 11 is 13.0. The Morgan fingerprint density at radius 2 is 2.33 bits per heavy atom. The summed E-state index contributed by atoms with van der Waals surface area (Å²) in [4.78, 5) is 15.4. The zero-order chi connectivity index (χ0) is 9.30. The van der Waals surface area contributed by atoms with Crippen molar-refractivity contribution >= 4 is 45.9 Å².